The van der Waals surface area contributed by atoms with Gasteiger partial charge in [-0.25, -0.2) is 4.79 Å². The van der Waals surface area contributed by atoms with E-state index in [0.717, 1.165) is 0 Å². The summed E-state index contributed by atoms with van der Waals surface area (Å²) in [5.41, 5.74) is 0. The zero-order valence-electron chi connectivity index (χ0n) is 9.01. The Morgan fingerprint density at radius 2 is 2.20 bits per heavy atom. The van der Waals surface area contributed by atoms with Crippen LogP contribution in [0, 0.1) is 11.8 Å². The number of aliphatic hydroxyl groups excluding tert-OH is 1. The monoisotopic (exact) mass is 215 g/mol. The molecule has 0 aliphatic carbocycles. The van der Waals surface area contributed by atoms with E-state index in [9.17, 15) is 9.59 Å². The highest BCUT2D eigenvalue weighted by Gasteiger charge is 2.38. The molecule has 0 radical (unpaired) electrons. The van der Waals surface area contributed by atoms with Gasteiger partial charge in [-0.15, -0.1) is 0 Å². The molecule has 1 heterocycles. The number of nitrogens with zero attached hydrogens (tertiary/aromatic N) is 1. The predicted octanol–water partition coefficient (Wildman–Crippen LogP) is -0.0636. The van der Waals surface area contributed by atoms with Gasteiger partial charge in [0.05, 0.1) is 0 Å². The van der Waals surface area contributed by atoms with Crippen molar-refractivity contribution in [2.75, 3.05) is 13.2 Å². The molecule has 0 aromatic heterocycles. The Balaban J connectivity index is 2.77. The van der Waals surface area contributed by atoms with Crippen molar-refractivity contribution in [3.05, 3.63) is 0 Å². The van der Waals surface area contributed by atoms with E-state index < -0.39 is 12.0 Å². The molecule has 86 valence electrons. The number of carboxylic acids is 1. The molecule has 1 saturated heterocycles. The zero-order valence-corrected chi connectivity index (χ0v) is 9.01. The molecule has 0 aromatic carbocycles. The van der Waals surface area contributed by atoms with Crippen molar-refractivity contribution in [3.8, 4) is 0 Å². The first-order valence-corrected chi connectivity index (χ1v) is 5.10. The first-order valence-electron chi connectivity index (χ1n) is 5.10. The molecule has 0 aromatic rings. The minimum Gasteiger partial charge on any atom is -0.480 e. The van der Waals surface area contributed by atoms with E-state index in [1.807, 2.05) is 0 Å². The van der Waals surface area contributed by atoms with Gasteiger partial charge in [0.1, 0.15) is 6.04 Å². The third-order valence-corrected chi connectivity index (χ3v) is 2.72. The maximum atomic E-state index is 11.5. The van der Waals surface area contributed by atoms with Crippen molar-refractivity contribution in [3.63, 3.8) is 0 Å². The number of carbonyl (C=O) groups is 2. The number of rotatable bonds is 4. The summed E-state index contributed by atoms with van der Waals surface area (Å²) in [5, 5.41) is 18.0. The molecule has 1 aliphatic heterocycles. The maximum absolute atomic E-state index is 11.5. The van der Waals surface area contributed by atoms with E-state index in [1.54, 1.807) is 13.8 Å². The number of aliphatic hydroxyl groups is 1. The van der Waals surface area contributed by atoms with E-state index in [0.29, 0.717) is 6.54 Å². The van der Waals surface area contributed by atoms with Gasteiger partial charge in [-0.05, 0) is 5.92 Å². The fourth-order valence-electron chi connectivity index (χ4n) is 1.98. The van der Waals surface area contributed by atoms with Gasteiger partial charge in [-0.3, -0.25) is 4.79 Å². The van der Waals surface area contributed by atoms with Crippen LogP contribution in [-0.4, -0.2) is 46.2 Å². The first kappa shape index (κ1) is 12.0. The average molecular weight is 215 g/mol. The molecule has 5 heteroatoms. The Labute approximate surface area is 88.7 Å². The lowest BCUT2D eigenvalue weighted by molar-refractivity contribution is -0.150. The smallest absolute Gasteiger partial charge is 0.326 e. The number of likely N-dealkylation sites (tertiary alicyclic amines) is 1. The summed E-state index contributed by atoms with van der Waals surface area (Å²) in [6.45, 7) is 3.84. The highest BCUT2D eigenvalue weighted by atomic mass is 16.4. The third-order valence-electron chi connectivity index (χ3n) is 2.72. The van der Waals surface area contributed by atoms with Gasteiger partial charge in [-0.2, -0.15) is 0 Å². The summed E-state index contributed by atoms with van der Waals surface area (Å²) < 4.78 is 0. The van der Waals surface area contributed by atoms with Gasteiger partial charge in [0.25, 0.3) is 0 Å². The van der Waals surface area contributed by atoms with Crippen LogP contribution in [0.25, 0.3) is 0 Å². The fourth-order valence-corrected chi connectivity index (χ4v) is 1.98. The van der Waals surface area contributed by atoms with Gasteiger partial charge < -0.3 is 15.1 Å². The summed E-state index contributed by atoms with van der Waals surface area (Å²) >= 11 is 0. The average Bonchev–Trinajstić information content (AvgIpc) is 2.46. The minimum absolute atomic E-state index is 0.0628. The van der Waals surface area contributed by atoms with Crippen LogP contribution in [-0.2, 0) is 9.59 Å². The predicted molar refractivity (Wildman–Crippen MR) is 53.2 cm³/mol. The van der Waals surface area contributed by atoms with Crippen molar-refractivity contribution in [1.29, 1.82) is 0 Å². The molecule has 0 bridgehead atoms. The highest BCUT2D eigenvalue weighted by molar-refractivity contribution is 5.85. The third kappa shape index (κ3) is 2.47. The number of carboxylic acid groups (broad SMARTS) is 1. The lowest BCUT2D eigenvalue weighted by Gasteiger charge is -2.27. The molecule has 0 saturated carbocycles. The molecule has 1 aliphatic rings. The molecule has 0 spiro atoms. The summed E-state index contributed by atoms with van der Waals surface area (Å²) in [5.74, 6) is -1.38. The summed E-state index contributed by atoms with van der Waals surface area (Å²) in [4.78, 5) is 23.9. The van der Waals surface area contributed by atoms with Crippen molar-refractivity contribution < 1.29 is 19.8 Å². The molecular formula is C10H17NO4. The van der Waals surface area contributed by atoms with E-state index >= 15 is 0 Å². The number of carbonyl (C=O) groups excluding carboxylic acids is 1. The fraction of sp³-hybridized carbons (Fsp3) is 0.800. The minimum atomic E-state index is -0.975. The molecule has 15 heavy (non-hydrogen) atoms. The number of hydrogen-bond acceptors (Lipinski definition) is 3. The summed E-state index contributed by atoms with van der Waals surface area (Å²) in [7, 11) is 0. The van der Waals surface area contributed by atoms with E-state index in [-0.39, 0.29) is 30.8 Å². The van der Waals surface area contributed by atoms with Crippen LogP contribution < -0.4 is 0 Å². The van der Waals surface area contributed by atoms with Crippen LogP contribution in [0.5, 0.6) is 0 Å². The van der Waals surface area contributed by atoms with Crippen LogP contribution >= 0.6 is 0 Å². The molecular weight excluding hydrogens is 198 g/mol. The number of hydrogen-bond donors (Lipinski definition) is 2. The van der Waals surface area contributed by atoms with Crippen molar-refractivity contribution >= 4 is 11.9 Å². The van der Waals surface area contributed by atoms with Gasteiger partial charge >= 0.3 is 5.97 Å². The van der Waals surface area contributed by atoms with E-state index in [2.05, 4.69) is 0 Å². The summed E-state index contributed by atoms with van der Waals surface area (Å²) in [6, 6.07) is -0.769. The number of aliphatic carboxylic acids is 1. The normalized spacial score (nSPS) is 23.6. The molecule has 1 unspecified atom stereocenters. The van der Waals surface area contributed by atoms with Crippen LogP contribution in [0.3, 0.4) is 0 Å². The van der Waals surface area contributed by atoms with Crippen LogP contribution in [0.1, 0.15) is 20.3 Å². The molecule has 2 atom stereocenters. The largest absolute Gasteiger partial charge is 0.480 e. The topological polar surface area (TPSA) is 77.8 Å². The number of amides is 1. The Morgan fingerprint density at radius 1 is 1.60 bits per heavy atom. The van der Waals surface area contributed by atoms with Gasteiger partial charge in [0.2, 0.25) is 5.91 Å². The molecule has 2 N–H and O–H groups in total. The zero-order chi connectivity index (χ0) is 11.6. The molecule has 1 rings (SSSR count). The second-order valence-corrected chi connectivity index (χ2v) is 4.33. The SMILES string of the molecule is CC(C)[C@@H](C(=O)O)N1CC(CO)CC1=O. The van der Waals surface area contributed by atoms with Gasteiger partial charge in [-0.1, -0.05) is 13.8 Å². The van der Waals surface area contributed by atoms with Gasteiger partial charge in [0.15, 0.2) is 0 Å². The molecule has 5 nitrogen and oxygen atoms in total. The van der Waals surface area contributed by atoms with Crippen molar-refractivity contribution in [2.45, 2.75) is 26.3 Å². The highest BCUT2D eigenvalue weighted by Crippen LogP contribution is 2.23. The maximum Gasteiger partial charge on any atom is 0.326 e. The van der Waals surface area contributed by atoms with E-state index in [1.165, 1.54) is 4.90 Å². The second kappa shape index (κ2) is 4.61. The lowest BCUT2D eigenvalue weighted by atomic mass is 10.0. The van der Waals surface area contributed by atoms with E-state index in [4.69, 9.17) is 10.2 Å². The first-order chi connectivity index (χ1) is 6.97. The second-order valence-electron chi connectivity index (χ2n) is 4.33. The Bertz CT molecular complexity index is 264. The van der Waals surface area contributed by atoms with Crippen LogP contribution in [0.4, 0.5) is 0 Å². The molecule has 1 fully saturated rings. The Hall–Kier alpha value is -1.10. The van der Waals surface area contributed by atoms with Crippen molar-refractivity contribution in [1.82, 2.24) is 4.90 Å². The quantitative estimate of drug-likeness (QED) is 0.688. The van der Waals surface area contributed by atoms with Gasteiger partial charge in [0, 0.05) is 25.5 Å². The summed E-state index contributed by atoms with van der Waals surface area (Å²) in [6.07, 6.45) is 0.257. The van der Waals surface area contributed by atoms with Crippen molar-refractivity contribution in [2.24, 2.45) is 11.8 Å². The van der Waals surface area contributed by atoms with Crippen LogP contribution in [0.15, 0.2) is 0 Å². The lowest BCUT2D eigenvalue weighted by Crippen LogP contribution is -2.45. The Kier molecular flexibility index (Phi) is 3.68. The molecule has 1 amide bonds. The van der Waals surface area contributed by atoms with Crippen LogP contribution in [0.2, 0.25) is 0 Å². The standard InChI is InChI=1S/C10H17NO4/c1-6(2)9(10(14)15)11-4-7(5-12)3-8(11)13/h6-7,9,12H,3-5H2,1-2H3,(H,14,15)/t7?,9-/m0/s1. The Morgan fingerprint density at radius 3 is 2.53 bits per heavy atom.